The average molecular weight is 592 g/mol. The van der Waals surface area contributed by atoms with E-state index in [2.05, 4.69) is 15.2 Å². The molecule has 1 amide bonds. The summed E-state index contributed by atoms with van der Waals surface area (Å²) in [5.74, 6) is -2.50. The number of rotatable bonds is 4. The van der Waals surface area contributed by atoms with Crippen LogP contribution in [0, 0.1) is 18.7 Å². The molecule has 8 rings (SSSR count). The fourth-order valence-electron chi connectivity index (χ4n) is 7.68. The Bertz CT molecular complexity index is 1840. The van der Waals surface area contributed by atoms with Crippen LogP contribution < -0.4 is 5.32 Å². The zero-order valence-corrected chi connectivity index (χ0v) is 23.4. The van der Waals surface area contributed by atoms with Crippen molar-refractivity contribution < 1.29 is 19.1 Å². The molecule has 208 valence electrons. The highest BCUT2D eigenvalue weighted by Crippen LogP contribution is 2.65. The molecule has 2 N–H and O–H groups in total. The summed E-state index contributed by atoms with van der Waals surface area (Å²) >= 11 is 12.6. The number of anilines is 1. The normalized spacial score (nSPS) is 26.4. The summed E-state index contributed by atoms with van der Waals surface area (Å²) in [6.07, 6.45) is 6.02. The lowest BCUT2D eigenvalue weighted by atomic mass is 9.71. The average Bonchev–Trinajstić information content (AvgIpc) is 3.39. The predicted molar refractivity (Wildman–Crippen MR) is 150 cm³/mol. The minimum absolute atomic E-state index is 0.145. The molecule has 2 fully saturated rings. The minimum atomic E-state index is -1.22. The molecule has 1 saturated heterocycles. The van der Waals surface area contributed by atoms with E-state index in [0.717, 1.165) is 29.8 Å². The fourth-order valence-corrected chi connectivity index (χ4v) is 8.02. The monoisotopic (exact) mass is 591 g/mol. The Morgan fingerprint density at radius 3 is 2.80 bits per heavy atom. The first kappa shape index (κ1) is 25.2. The number of nitrogens with one attached hydrogen (secondary N) is 1. The number of carboxylic acid groups (broad SMARTS) is 1. The van der Waals surface area contributed by atoms with Gasteiger partial charge in [0.15, 0.2) is 11.0 Å². The van der Waals surface area contributed by atoms with Crippen molar-refractivity contribution >= 4 is 46.4 Å². The summed E-state index contributed by atoms with van der Waals surface area (Å²) in [6, 6.07) is 8.44. The number of hydrogen-bond acceptors (Lipinski definition) is 5. The summed E-state index contributed by atoms with van der Waals surface area (Å²) in [5.41, 5.74) is 3.48. The molecular weight excluding hydrogens is 568 g/mol. The molecule has 0 unspecified atom stereocenters. The van der Waals surface area contributed by atoms with Crippen LogP contribution in [-0.4, -0.2) is 48.8 Å². The Morgan fingerprint density at radius 2 is 2.05 bits per heavy atom. The summed E-state index contributed by atoms with van der Waals surface area (Å²) in [6.45, 7) is 2.45. The van der Waals surface area contributed by atoms with Crippen LogP contribution in [0.15, 0.2) is 42.7 Å². The molecule has 2 aliphatic carbocycles. The zero-order chi connectivity index (χ0) is 28.4. The van der Waals surface area contributed by atoms with Crippen molar-refractivity contribution in [1.82, 2.24) is 19.3 Å². The van der Waals surface area contributed by atoms with Crippen molar-refractivity contribution in [2.45, 2.75) is 49.6 Å². The van der Waals surface area contributed by atoms with Gasteiger partial charge in [-0.3, -0.25) is 9.69 Å². The van der Waals surface area contributed by atoms with Crippen molar-refractivity contribution in [1.29, 1.82) is 0 Å². The fraction of sp³-hybridized carbons (Fsp3) is 0.333. The molecule has 41 heavy (non-hydrogen) atoms. The van der Waals surface area contributed by atoms with Gasteiger partial charge < -0.3 is 14.8 Å². The Morgan fingerprint density at radius 1 is 1.24 bits per heavy atom. The molecule has 4 aromatic rings. The molecule has 2 aliphatic heterocycles. The quantitative estimate of drug-likeness (QED) is 0.302. The zero-order valence-electron chi connectivity index (χ0n) is 21.9. The summed E-state index contributed by atoms with van der Waals surface area (Å²) in [4.78, 5) is 37.5. The molecule has 11 heteroatoms. The van der Waals surface area contributed by atoms with Gasteiger partial charge in [-0.2, -0.15) is 0 Å². The van der Waals surface area contributed by atoms with Crippen LogP contribution in [0.3, 0.4) is 0 Å². The van der Waals surface area contributed by atoms with Gasteiger partial charge in [0.1, 0.15) is 11.2 Å². The van der Waals surface area contributed by atoms with Gasteiger partial charge in [-0.15, -0.1) is 0 Å². The third-order valence-electron chi connectivity index (χ3n) is 9.47. The number of carboxylic acids is 1. The number of hydrogen-bond donors (Lipinski definition) is 2. The third kappa shape index (κ3) is 3.31. The van der Waals surface area contributed by atoms with E-state index in [1.807, 2.05) is 16.7 Å². The van der Waals surface area contributed by atoms with E-state index in [1.165, 1.54) is 6.20 Å². The summed E-state index contributed by atoms with van der Waals surface area (Å²) < 4.78 is 18.0. The number of benzene rings is 1. The number of fused-ring (bicyclic) bond motifs is 7. The minimum Gasteiger partial charge on any atom is -0.478 e. The summed E-state index contributed by atoms with van der Waals surface area (Å²) in [5, 5.41) is 13.0. The number of aryl methyl sites for hydroxylation is 1. The Kier molecular flexibility index (Phi) is 5.22. The third-order valence-corrected chi connectivity index (χ3v) is 9.96. The van der Waals surface area contributed by atoms with Crippen molar-refractivity contribution in [2.75, 3.05) is 11.9 Å². The van der Waals surface area contributed by atoms with Crippen LogP contribution in [0.2, 0.25) is 10.2 Å². The summed E-state index contributed by atoms with van der Waals surface area (Å²) in [7, 11) is 0. The van der Waals surface area contributed by atoms with Gasteiger partial charge in [0.2, 0.25) is 5.91 Å². The van der Waals surface area contributed by atoms with Gasteiger partial charge in [-0.05, 0) is 61.1 Å². The van der Waals surface area contributed by atoms with Crippen molar-refractivity contribution in [3.8, 4) is 0 Å². The highest BCUT2D eigenvalue weighted by Gasteiger charge is 2.69. The molecule has 0 radical (unpaired) electrons. The van der Waals surface area contributed by atoms with Crippen molar-refractivity contribution in [2.24, 2.45) is 5.92 Å². The smallest absolute Gasteiger partial charge is 0.336 e. The highest BCUT2D eigenvalue weighted by atomic mass is 35.5. The molecule has 4 atom stereocenters. The highest BCUT2D eigenvalue weighted by molar-refractivity contribution is 6.31. The van der Waals surface area contributed by atoms with E-state index in [4.69, 9.17) is 28.2 Å². The second-order valence-corrected chi connectivity index (χ2v) is 12.4. The first-order valence-corrected chi connectivity index (χ1v) is 14.4. The number of halogens is 3. The van der Waals surface area contributed by atoms with Crippen LogP contribution in [0.1, 0.15) is 63.1 Å². The van der Waals surface area contributed by atoms with E-state index in [-0.39, 0.29) is 28.6 Å². The number of nitrogens with zero attached hydrogens (tertiary/aromatic N) is 4. The molecule has 8 nitrogen and oxygen atoms in total. The lowest BCUT2D eigenvalue weighted by Gasteiger charge is -2.40. The van der Waals surface area contributed by atoms with Crippen LogP contribution in [-0.2, 0) is 16.8 Å². The molecule has 4 aliphatic rings. The Hall–Kier alpha value is -3.53. The van der Waals surface area contributed by atoms with Crippen molar-refractivity contribution in [3.63, 3.8) is 0 Å². The number of aromatic nitrogens is 3. The largest absolute Gasteiger partial charge is 0.478 e. The van der Waals surface area contributed by atoms with Gasteiger partial charge in [0.05, 0.1) is 11.3 Å². The number of carbonyl (C=O) groups excluding carboxylic acids is 1. The maximum absolute atomic E-state index is 16.0. The molecule has 3 aromatic heterocycles. The lowest BCUT2D eigenvalue weighted by Crippen LogP contribution is -2.53. The maximum atomic E-state index is 16.0. The number of aromatic carboxylic acids is 1. The Labute approximate surface area is 244 Å². The van der Waals surface area contributed by atoms with Crippen LogP contribution in [0.5, 0.6) is 0 Å². The van der Waals surface area contributed by atoms with E-state index in [1.54, 1.807) is 31.2 Å². The second-order valence-electron chi connectivity index (χ2n) is 11.6. The van der Waals surface area contributed by atoms with Gasteiger partial charge >= 0.3 is 5.97 Å². The first-order valence-electron chi connectivity index (χ1n) is 13.6. The van der Waals surface area contributed by atoms with Gasteiger partial charge in [0.25, 0.3) is 0 Å². The number of pyridine rings is 2. The standard InChI is InChI=1S/C30H24Cl2FN5O3/c1-13-11-37-21-10-20-23(26(21)36-22(37)9-17(13)28(39)40)24(16-6-7-34-27(32)25(16)33)30(38(20)12-14-2-3-14)18-5-4-15(31)8-19(18)35-29(30)41/h4-9,11,14,20,23-24H,2-3,10,12H2,1H3,(H,35,41)(H,39,40)/t20-,23+,24-,30+/m0/s1. The van der Waals surface area contributed by atoms with Gasteiger partial charge in [0, 0.05) is 65.2 Å². The van der Waals surface area contributed by atoms with Crippen LogP contribution in [0.25, 0.3) is 5.65 Å². The predicted octanol–water partition coefficient (Wildman–Crippen LogP) is 5.55. The van der Waals surface area contributed by atoms with Gasteiger partial charge in [-0.1, -0.05) is 29.3 Å². The number of carbonyl (C=O) groups is 2. The SMILES string of the molecule is Cc1cn2c3c(nc2cc1C(=O)O)[C@@H]1[C@H](C3)N(CC2CC2)[C@@]2(C(=O)Nc3cc(Cl)ccc32)[C@H]1c1ccnc(Cl)c1F. The topological polar surface area (TPSA) is 99.8 Å². The second kappa shape index (κ2) is 8.50. The van der Waals surface area contributed by atoms with Crippen molar-refractivity contribution in [3.05, 3.63) is 92.4 Å². The van der Waals surface area contributed by atoms with Crippen LogP contribution >= 0.6 is 23.2 Å². The maximum Gasteiger partial charge on any atom is 0.336 e. The molecule has 1 spiro atoms. The van der Waals surface area contributed by atoms with Gasteiger partial charge in [-0.25, -0.2) is 19.2 Å². The lowest BCUT2D eigenvalue weighted by molar-refractivity contribution is -0.128. The molecule has 1 aromatic carbocycles. The van der Waals surface area contributed by atoms with E-state index < -0.39 is 23.2 Å². The van der Waals surface area contributed by atoms with E-state index in [0.29, 0.717) is 46.4 Å². The number of likely N-dealkylation sites (tertiary alicyclic amines) is 1. The Balaban J connectivity index is 1.42. The first-order chi connectivity index (χ1) is 19.7. The number of amides is 1. The molecular formula is C30H24Cl2FN5O3. The van der Waals surface area contributed by atoms with E-state index >= 15 is 4.39 Å². The molecule has 5 heterocycles. The van der Waals surface area contributed by atoms with Crippen LogP contribution in [0.4, 0.5) is 10.1 Å². The number of imidazole rings is 1. The molecule has 1 saturated carbocycles. The van der Waals surface area contributed by atoms with E-state index in [9.17, 15) is 14.7 Å². The molecule has 0 bridgehead atoms.